The third-order valence-corrected chi connectivity index (χ3v) is 2.68. The number of hydrogen-bond acceptors (Lipinski definition) is 2. The molecule has 0 aliphatic rings. The first-order valence-electron chi connectivity index (χ1n) is 5.15. The lowest BCUT2D eigenvalue weighted by atomic mass is 10.2. The average Bonchev–Trinajstić information content (AvgIpc) is 2.13. The molecular weight excluding hydrogens is 182 g/mol. The molecule has 2 nitrogen and oxygen atoms in total. The summed E-state index contributed by atoms with van der Waals surface area (Å²) in [6.45, 7) is 5.10. The first-order chi connectivity index (χ1) is 6.31. The average molecular weight is 203 g/mol. The summed E-state index contributed by atoms with van der Waals surface area (Å²) >= 11 is 1.86. The Morgan fingerprint density at radius 3 is 2.69 bits per heavy atom. The topological polar surface area (TPSA) is 29.1 Å². The minimum Gasteiger partial charge on any atom is -0.355 e. The van der Waals surface area contributed by atoms with Crippen LogP contribution in [0.1, 0.15) is 39.5 Å². The van der Waals surface area contributed by atoms with Gasteiger partial charge in [0.2, 0.25) is 5.91 Å². The van der Waals surface area contributed by atoms with E-state index in [1.807, 2.05) is 11.8 Å². The van der Waals surface area contributed by atoms with E-state index in [9.17, 15) is 4.79 Å². The number of carbonyl (C=O) groups is 1. The van der Waals surface area contributed by atoms with E-state index in [0.29, 0.717) is 6.42 Å². The number of nitrogens with one attached hydrogen (secondary N) is 1. The van der Waals surface area contributed by atoms with Crippen molar-refractivity contribution in [3.8, 4) is 0 Å². The number of carbonyl (C=O) groups excluding carboxylic acids is 1. The highest BCUT2D eigenvalue weighted by atomic mass is 32.2. The molecule has 1 amide bonds. The molecule has 13 heavy (non-hydrogen) atoms. The number of rotatable bonds is 8. The zero-order chi connectivity index (χ0) is 9.94. The van der Waals surface area contributed by atoms with Crippen molar-refractivity contribution in [2.75, 3.05) is 18.1 Å². The van der Waals surface area contributed by atoms with Crippen LogP contribution in [0.4, 0.5) is 0 Å². The molecule has 0 saturated carbocycles. The summed E-state index contributed by atoms with van der Waals surface area (Å²) in [6.07, 6.45) is 4.07. The molecule has 1 N–H and O–H groups in total. The summed E-state index contributed by atoms with van der Waals surface area (Å²) in [7, 11) is 0. The van der Waals surface area contributed by atoms with Gasteiger partial charge >= 0.3 is 0 Å². The van der Waals surface area contributed by atoms with Gasteiger partial charge in [-0.3, -0.25) is 4.79 Å². The molecule has 0 aliphatic carbocycles. The van der Waals surface area contributed by atoms with Crippen LogP contribution in [0.5, 0.6) is 0 Å². The van der Waals surface area contributed by atoms with E-state index >= 15 is 0 Å². The summed E-state index contributed by atoms with van der Waals surface area (Å²) in [4.78, 5) is 11.2. The summed E-state index contributed by atoms with van der Waals surface area (Å²) in [5.74, 6) is 2.38. The van der Waals surface area contributed by atoms with Crippen molar-refractivity contribution < 1.29 is 4.79 Å². The Morgan fingerprint density at radius 2 is 2.08 bits per heavy atom. The van der Waals surface area contributed by atoms with Gasteiger partial charge in [-0.2, -0.15) is 11.8 Å². The molecule has 0 aromatic carbocycles. The lowest BCUT2D eigenvalue weighted by Crippen LogP contribution is -2.25. The molecule has 0 bridgehead atoms. The molecular formula is C10H21NOS. The summed E-state index contributed by atoms with van der Waals surface area (Å²) in [6, 6.07) is 0. The molecule has 0 fully saturated rings. The third-order valence-electron chi connectivity index (χ3n) is 1.78. The fourth-order valence-corrected chi connectivity index (χ4v) is 1.57. The van der Waals surface area contributed by atoms with Gasteiger partial charge in [-0.1, -0.05) is 26.7 Å². The van der Waals surface area contributed by atoms with Gasteiger partial charge in [0.1, 0.15) is 0 Å². The van der Waals surface area contributed by atoms with Crippen LogP contribution in [0.3, 0.4) is 0 Å². The van der Waals surface area contributed by atoms with Crippen molar-refractivity contribution in [2.45, 2.75) is 39.5 Å². The molecule has 0 atom stereocenters. The lowest BCUT2D eigenvalue weighted by Gasteiger charge is -2.03. The van der Waals surface area contributed by atoms with Crippen LogP contribution in [0.25, 0.3) is 0 Å². The van der Waals surface area contributed by atoms with E-state index in [0.717, 1.165) is 30.9 Å². The largest absolute Gasteiger partial charge is 0.355 e. The van der Waals surface area contributed by atoms with Gasteiger partial charge in [0.25, 0.3) is 0 Å². The molecule has 0 aliphatic heterocycles. The Balaban J connectivity index is 3.11. The van der Waals surface area contributed by atoms with Crippen molar-refractivity contribution in [3.63, 3.8) is 0 Å². The smallest absolute Gasteiger partial charge is 0.220 e. The van der Waals surface area contributed by atoms with E-state index in [4.69, 9.17) is 0 Å². The molecule has 0 heterocycles. The van der Waals surface area contributed by atoms with E-state index in [-0.39, 0.29) is 5.91 Å². The third kappa shape index (κ3) is 9.74. The molecule has 78 valence electrons. The SMILES string of the molecule is CCCCCC(=O)NCCSCC. The van der Waals surface area contributed by atoms with Crippen LogP contribution in [0.15, 0.2) is 0 Å². The fraction of sp³-hybridized carbons (Fsp3) is 0.900. The van der Waals surface area contributed by atoms with Crippen molar-refractivity contribution in [2.24, 2.45) is 0 Å². The Labute approximate surface area is 85.9 Å². The maximum absolute atomic E-state index is 11.2. The van der Waals surface area contributed by atoms with E-state index < -0.39 is 0 Å². The van der Waals surface area contributed by atoms with Gasteiger partial charge in [0.05, 0.1) is 0 Å². The Bertz CT molecular complexity index is 128. The van der Waals surface area contributed by atoms with Gasteiger partial charge in [-0.15, -0.1) is 0 Å². The monoisotopic (exact) mass is 203 g/mol. The van der Waals surface area contributed by atoms with Gasteiger partial charge in [0, 0.05) is 18.7 Å². The minimum atomic E-state index is 0.213. The molecule has 0 radical (unpaired) electrons. The van der Waals surface area contributed by atoms with Crippen LogP contribution in [0.2, 0.25) is 0 Å². The van der Waals surface area contributed by atoms with Crippen LogP contribution < -0.4 is 5.32 Å². The Morgan fingerprint density at radius 1 is 1.31 bits per heavy atom. The predicted molar refractivity (Wildman–Crippen MR) is 60.2 cm³/mol. The highest BCUT2D eigenvalue weighted by Crippen LogP contribution is 1.99. The number of unbranched alkanes of at least 4 members (excludes halogenated alkanes) is 2. The first kappa shape index (κ1) is 12.8. The fourth-order valence-electron chi connectivity index (χ4n) is 1.03. The van der Waals surface area contributed by atoms with Gasteiger partial charge < -0.3 is 5.32 Å². The standard InChI is InChI=1S/C10H21NOS/c1-3-5-6-7-10(12)11-8-9-13-4-2/h3-9H2,1-2H3,(H,11,12). The second kappa shape index (κ2) is 9.90. The maximum atomic E-state index is 11.2. The van der Waals surface area contributed by atoms with E-state index in [2.05, 4.69) is 19.2 Å². The van der Waals surface area contributed by atoms with Gasteiger partial charge in [-0.25, -0.2) is 0 Å². The molecule has 0 unspecified atom stereocenters. The molecule has 0 aromatic heterocycles. The van der Waals surface area contributed by atoms with Gasteiger partial charge in [0.15, 0.2) is 0 Å². The zero-order valence-electron chi connectivity index (χ0n) is 8.77. The van der Waals surface area contributed by atoms with Crippen LogP contribution in [-0.2, 0) is 4.79 Å². The van der Waals surface area contributed by atoms with Crippen LogP contribution >= 0.6 is 11.8 Å². The van der Waals surface area contributed by atoms with Crippen molar-refractivity contribution in [1.82, 2.24) is 5.32 Å². The van der Waals surface area contributed by atoms with Crippen LogP contribution in [0, 0.1) is 0 Å². The minimum absolute atomic E-state index is 0.213. The van der Waals surface area contributed by atoms with Crippen molar-refractivity contribution in [3.05, 3.63) is 0 Å². The van der Waals surface area contributed by atoms with Crippen molar-refractivity contribution in [1.29, 1.82) is 0 Å². The molecule has 0 spiro atoms. The highest BCUT2D eigenvalue weighted by Gasteiger charge is 1.98. The maximum Gasteiger partial charge on any atom is 0.220 e. The normalized spacial score (nSPS) is 10.0. The first-order valence-corrected chi connectivity index (χ1v) is 6.31. The Hall–Kier alpha value is -0.180. The summed E-state index contributed by atoms with van der Waals surface area (Å²) in [5, 5.41) is 2.92. The number of amides is 1. The lowest BCUT2D eigenvalue weighted by molar-refractivity contribution is -0.121. The highest BCUT2D eigenvalue weighted by molar-refractivity contribution is 7.99. The van der Waals surface area contributed by atoms with Crippen LogP contribution in [-0.4, -0.2) is 24.0 Å². The molecule has 0 rings (SSSR count). The number of thioether (sulfide) groups is 1. The second-order valence-corrected chi connectivity index (χ2v) is 4.40. The predicted octanol–water partition coefficient (Wildman–Crippen LogP) is 2.44. The second-order valence-electron chi connectivity index (χ2n) is 3.00. The number of hydrogen-bond donors (Lipinski definition) is 1. The quantitative estimate of drug-likeness (QED) is 0.614. The summed E-state index contributed by atoms with van der Waals surface area (Å²) in [5.41, 5.74) is 0. The summed E-state index contributed by atoms with van der Waals surface area (Å²) < 4.78 is 0. The zero-order valence-corrected chi connectivity index (χ0v) is 9.58. The van der Waals surface area contributed by atoms with E-state index in [1.165, 1.54) is 6.42 Å². The van der Waals surface area contributed by atoms with Crippen molar-refractivity contribution >= 4 is 17.7 Å². The molecule has 3 heteroatoms. The van der Waals surface area contributed by atoms with Gasteiger partial charge in [-0.05, 0) is 12.2 Å². The molecule has 0 saturated heterocycles. The molecule has 0 aromatic rings. The Kier molecular flexibility index (Phi) is 9.77. The van der Waals surface area contributed by atoms with E-state index in [1.54, 1.807) is 0 Å².